The molecule has 1 spiro atoms. The van der Waals surface area contributed by atoms with Crippen molar-refractivity contribution in [3.8, 4) is 0 Å². The molecule has 4 aliphatic carbocycles. The monoisotopic (exact) mass is 1220 g/mol. The van der Waals surface area contributed by atoms with Crippen molar-refractivity contribution in [1.29, 1.82) is 0 Å². The van der Waals surface area contributed by atoms with Crippen LogP contribution in [0.4, 0.5) is 0 Å². The van der Waals surface area contributed by atoms with Crippen LogP contribution in [0.3, 0.4) is 0 Å². The molecule has 0 bridgehead atoms. The van der Waals surface area contributed by atoms with Gasteiger partial charge in [-0.3, -0.25) is 0 Å². The molecule has 0 unspecified atom stereocenters. The highest BCUT2D eigenvalue weighted by Gasteiger charge is 2.71. The van der Waals surface area contributed by atoms with Crippen molar-refractivity contribution in [2.45, 2.75) is 270 Å². The largest absolute Gasteiger partial charge is 0.394 e. The molecule has 10 fully saturated rings. The summed E-state index contributed by atoms with van der Waals surface area (Å²) in [5, 5.41) is 171. The zero-order chi connectivity index (χ0) is 61.1. The van der Waals surface area contributed by atoms with Crippen molar-refractivity contribution in [3.05, 3.63) is 11.6 Å². The van der Waals surface area contributed by atoms with E-state index in [0.717, 1.165) is 32.1 Å². The minimum atomic E-state index is -2.03. The fourth-order valence-corrected chi connectivity index (χ4v) is 17.1. The van der Waals surface area contributed by atoms with Crippen LogP contribution in [0.2, 0.25) is 0 Å². The van der Waals surface area contributed by atoms with Crippen LogP contribution in [0.5, 0.6) is 0 Å². The Bertz CT molecular complexity index is 2310. The van der Waals surface area contributed by atoms with E-state index in [1.807, 2.05) is 6.92 Å². The van der Waals surface area contributed by atoms with Crippen LogP contribution in [0.15, 0.2) is 11.6 Å². The fraction of sp³-hybridized carbons (Fsp3) is 0.965. The highest BCUT2D eigenvalue weighted by Crippen LogP contribution is 2.71. The molecule has 85 heavy (non-hydrogen) atoms. The summed E-state index contributed by atoms with van der Waals surface area (Å²) in [6, 6.07) is 0. The Hall–Kier alpha value is -1.38. The average molecular weight is 1230 g/mol. The van der Waals surface area contributed by atoms with Gasteiger partial charge >= 0.3 is 0 Å². The van der Waals surface area contributed by atoms with Crippen molar-refractivity contribution >= 4 is 0 Å². The summed E-state index contributed by atoms with van der Waals surface area (Å²) in [5.41, 5.74) is 0.174. The third-order valence-electron chi connectivity index (χ3n) is 22.0. The van der Waals surface area contributed by atoms with E-state index in [-0.39, 0.29) is 35.4 Å². The number of hydrogen-bond acceptors (Lipinski definition) is 28. The van der Waals surface area contributed by atoms with Crippen LogP contribution in [0.25, 0.3) is 0 Å². The Morgan fingerprint density at radius 1 is 0.506 bits per heavy atom. The molecule has 0 aromatic heterocycles. The molecule has 7 aliphatic heterocycles. The van der Waals surface area contributed by atoms with E-state index in [1.165, 1.54) is 12.5 Å². The molecule has 16 N–H and O–H groups in total. The molecular formula is C57H92O28. The maximum absolute atomic E-state index is 12.4. The van der Waals surface area contributed by atoms with Gasteiger partial charge in [-0.15, -0.1) is 0 Å². The van der Waals surface area contributed by atoms with Gasteiger partial charge in [-0.05, 0) is 99.7 Å². The Labute approximate surface area is 491 Å². The lowest BCUT2D eigenvalue weighted by Gasteiger charge is -2.58. The average Bonchev–Trinajstić information content (AvgIpc) is 1.59. The maximum atomic E-state index is 12.4. The number of hydrogen-bond donors (Lipinski definition) is 16. The van der Waals surface area contributed by atoms with E-state index in [9.17, 15) is 81.7 Å². The number of ether oxygens (including phenoxy) is 12. The number of aliphatic hydroxyl groups excluding tert-OH is 16. The van der Waals surface area contributed by atoms with Crippen molar-refractivity contribution in [2.24, 2.45) is 40.4 Å². The Morgan fingerprint density at radius 3 is 1.71 bits per heavy atom. The summed E-state index contributed by atoms with van der Waals surface area (Å²) in [6.07, 6.45) is -32.6. The number of aliphatic hydroxyl groups is 16. The standard InChI is InChI=1S/C57H92O28/c1-21-33-28(84-57(21)13-12-54(3,85-57)20-74-49-41(69)39(67)35(63)29(16-58)77-49)15-27-25-7-6-23-14-24(8-10-55(23,4)26(25)9-11-56(27,33)5)76-53-48(83-50-42(70)38(66)34(62)22(2)75-50)44(72)46(32(19-61)80-53)81-52-45(73)47(37(65)31(18-60)79-52)82-51-43(71)40(68)36(64)30(17-59)78-51/h6,21-22,24-53,58-73H,7-20H2,1-5H3/t21-,22-,24-,25+,26-,27-,28-,29+,30+,31+,32+,33-,34-,35+,36+,37+,38+,39-,40-,41+,42+,43+,44-,45+,46+,47-,48+,49+,50-,51-,52-,53+,54-,55-,56-,57-/m0/s1. The highest BCUT2D eigenvalue weighted by molar-refractivity contribution is 5.27. The molecule has 0 aromatic carbocycles. The summed E-state index contributed by atoms with van der Waals surface area (Å²) < 4.78 is 73.9. The molecule has 488 valence electrons. The molecule has 28 heteroatoms. The molecule has 3 saturated carbocycles. The Balaban J connectivity index is 0.766. The lowest BCUT2D eigenvalue weighted by molar-refractivity contribution is -0.396. The van der Waals surface area contributed by atoms with Gasteiger partial charge in [0, 0.05) is 12.3 Å². The highest BCUT2D eigenvalue weighted by atomic mass is 16.8. The first-order chi connectivity index (χ1) is 40.2. The van der Waals surface area contributed by atoms with Crippen LogP contribution >= 0.6 is 0 Å². The first-order valence-electron chi connectivity index (χ1n) is 30.4. The minimum Gasteiger partial charge on any atom is -0.394 e. The molecule has 11 aliphatic rings. The lowest BCUT2D eigenvalue weighted by Crippen LogP contribution is -2.68. The summed E-state index contributed by atoms with van der Waals surface area (Å²) in [7, 11) is 0. The second-order valence-electron chi connectivity index (χ2n) is 27.0. The second-order valence-corrected chi connectivity index (χ2v) is 27.0. The molecule has 0 amide bonds. The van der Waals surface area contributed by atoms with E-state index >= 15 is 0 Å². The van der Waals surface area contributed by atoms with Gasteiger partial charge in [0.05, 0.1) is 56.9 Å². The molecule has 28 nitrogen and oxygen atoms in total. The van der Waals surface area contributed by atoms with E-state index < -0.39 is 197 Å². The van der Waals surface area contributed by atoms with Crippen LogP contribution in [0, 0.1) is 40.4 Å². The van der Waals surface area contributed by atoms with Crippen LogP contribution in [-0.4, -0.2) is 292 Å². The predicted octanol–water partition coefficient (Wildman–Crippen LogP) is -5.02. The van der Waals surface area contributed by atoms with Gasteiger partial charge in [-0.25, -0.2) is 0 Å². The van der Waals surface area contributed by atoms with E-state index in [2.05, 4.69) is 26.8 Å². The smallest absolute Gasteiger partial charge is 0.187 e. The van der Waals surface area contributed by atoms with Crippen LogP contribution in [0.1, 0.15) is 92.4 Å². The van der Waals surface area contributed by atoms with Gasteiger partial charge in [-0.1, -0.05) is 32.4 Å². The number of rotatable bonds is 15. The molecule has 11 rings (SSSR count). The zero-order valence-electron chi connectivity index (χ0n) is 48.5. The Kier molecular flexibility index (Phi) is 19.1. The fourth-order valence-electron chi connectivity index (χ4n) is 17.1. The van der Waals surface area contributed by atoms with Gasteiger partial charge in [0.15, 0.2) is 37.2 Å². The first-order valence-corrected chi connectivity index (χ1v) is 30.4. The zero-order valence-corrected chi connectivity index (χ0v) is 48.5. The summed E-state index contributed by atoms with van der Waals surface area (Å²) >= 11 is 0. The van der Waals surface area contributed by atoms with Crippen molar-refractivity contribution in [3.63, 3.8) is 0 Å². The molecule has 36 atom stereocenters. The van der Waals surface area contributed by atoms with Crippen molar-refractivity contribution in [1.82, 2.24) is 0 Å². The van der Waals surface area contributed by atoms with E-state index in [1.54, 1.807) is 0 Å². The quantitative estimate of drug-likeness (QED) is 0.0683. The summed E-state index contributed by atoms with van der Waals surface area (Å²) in [5.74, 6) is 0.509. The third-order valence-corrected chi connectivity index (χ3v) is 22.0. The predicted molar refractivity (Wildman–Crippen MR) is 281 cm³/mol. The second kappa shape index (κ2) is 24.9. The van der Waals surface area contributed by atoms with Gasteiger partial charge < -0.3 is 139 Å². The van der Waals surface area contributed by atoms with Crippen LogP contribution in [-0.2, 0) is 56.8 Å². The normalized spacial score (nSPS) is 57.0. The molecular weight excluding hydrogens is 1130 g/mol. The molecule has 0 aromatic rings. The van der Waals surface area contributed by atoms with E-state index in [4.69, 9.17) is 56.8 Å². The molecule has 0 radical (unpaired) electrons. The maximum Gasteiger partial charge on any atom is 0.187 e. The topological polar surface area (TPSA) is 434 Å². The minimum absolute atomic E-state index is 0.0201. The molecule has 7 heterocycles. The van der Waals surface area contributed by atoms with Gasteiger partial charge in [-0.2, -0.15) is 0 Å². The van der Waals surface area contributed by atoms with Gasteiger partial charge in [0.2, 0.25) is 0 Å². The van der Waals surface area contributed by atoms with Gasteiger partial charge in [0.25, 0.3) is 0 Å². The summed E-state index contributed by atoms with van der Waals surface area (Å²) in [4.78, 5) is 0. The van der Waals surface area contributed by atoms with Gasteiger partial charge in [0.1, 0.15) is 116 Å². The first kappa shape index (κ1) is 65.1. The SMILES string of the molecule is C[C@@H]1O[C@@H](O[C@H]2[C@H](O[C@H]3CC[C@@]4(C)C(=CC[C@H]5[C@@H]6C[C@@H]7O[C@]8(CC[C@@](C)(CO[C@@H]9O[C@H](CO)[C@@H](O)[C@H](O)[C@H]9O)O8)[C@@H](C)[C@@H]7[C@@]6(C)CC[C@@H]54)C3)O[C@H](CO)[C@@H](O[C@@H]3O[C@H](CO)[C@@H](O)[C@H](O[C@@H]4O[C@H](CO)[C@@H](O)[C@H](O)[C@H]4O)[C@H]3O)[C@@H]2O)[C@H](O)[C@H](O)[C@H]1O. The molecule has 7 saturated heterocycles. The van der Waals surface area contributed by atoms with Crippen molar-refractivity contribution in [2.75, 3.05) is 33.0 Å². The lowest BCUT2D eigenvalue weighted by atomic mass is 9.47. The van der Waals surface area contributed by atoms with E-state index in [0.29, 0.717) is 43.4 Å². The van der Waals surface area contributed by atoms with Crippen molar-refractivity contribution < 1.29 is 139 Å². The number of fused-ring (bicyclic) bond motifs is 7. The third kappa shape index (κ3) is 11.3. The number of allylic oxidation sites excluding steroid dienone is 1. The van der Waals surface area contributed by atoms with Crippen LogP contribution < -0.4 is 0 Å². The Morgan fingerprint density at radius 2 is 1.06 bits per heavy atom. The summed E-state index contributed by atoms with van der Waals surface area (Å²) in [6.45, 7) is 7.30.